The summed E-state index contributed by atoms with van der Waals surface area (Å²) >= 11 is 6.02. The monoisotopic (exact) mass is 352 g/mol. The van der Waals surface area contributed by atoms with Crippen LogP contribution in [-0.4, -0.2) is 29.2 Å². The van der Waals surface area contributed by atoms with E-state index in [0.29, 0.717) is 28.3 Å². The Morgan fingerprint density at radius 2 is 2.12 bits per heavy atom. The topological polar surface area (TPSA) is 102 Å². The van der Waals surface area contributed by atoms with Crippen LogP contribution < -0.4 is 10.1 Å². The fourth-order valence-corrected chi connectivity index (χ4v) is 2.54. The maximum Gasteiger partial charge on any atom is 0.330 e. The number of aryl methyl sites for hydroxylation is 2. The summed E-state index contributed by atoms with van der Waals surface area (Å²) in [5, 5.41) is 15.9. The minimum atomic E-state index is -1.22. The Morgan fingerprint density at radius 3 is 2.62 bits per heavy atom. The molecule has 1 atom stereocenters. The van der Waals surface area contributed by atoms with Gasteiger partial charge in [0.25, 0.3) is 0 Å². The van der Waals surface area contributed by atoms with Crippen LogP contribution in [-0.2, 0) is 16.0 Å². The Balaban J connectivity index is 2.18. The summed E-state index contributed by atoms with van der Waals surface area (Å²) in [7, 11) is 1.46. The van der Waals surface area contributed by atoms with E-state index in [1.54, 1.807) is 26.0 Å². The Morgan fingerprint density at radius 1 is 1.42 bits per heavy atom. The zero-order chi connectivity index (χ0) is 17.9. The van der Waals surface area contributed by atoms with Crippen LogP contribution in [0, 0.1) is 13.8 Å². The van der Waals surface area contributed by atoms with Gasteiger partial charge < -0.3 is 19.7 Å². The first-order valence-corrected chi connectivity index (χ1v) is 7.48. The number of aromatic nitrogens is 1. The number of carbonyl (C=O) groups is 2. The van der Waals surface area contributed by atoms with E-state index < -0.39 is 17.9 Å². The highest BCUT2D eigenvalue weighted by Gasteiger charge is 2.24. The lowest BCUT2D eigenvalue weighted by molar-refractivity contribution is -0.141. The average molecular weight is 353 g/mol. The van der Waals surface area contributed by atoms with Crippen molar-refractivity contribution in [3.8, 4) is 5.75 Å². The molecule has 0 aliphatic carbocycles. The highest BCUT2D eigenvalue weighted by atomic mass is 35.5. The van der Waals surface area contributed by atoms with Crippen molar-refractivity contribution in [3.05, 3.63) is 45.8 Å². The molecule has 0 radical (unpaired) electrons. The van der Waals surface area contributed by atoms with Crippen molar-refractivity contribution in [2.45, 2.75) is 26.3 Å². The van der Waals surface area contributed by atoms with Gasteiger partial charge in [-0.05, 0) is 31.5 Å². The first kappa shape index (κ1) is 17.8. The van der Waals surface area contributed by atoms with Gasteiger partial charge >= 0.3 is 5.97 Å². The van der Waals surface area contributed by atoms with Gasteiger partial charge in [0.2, 0.25) is 5.91 Å². The van der Waals surface area contributed by atoms with Crippen molar-refractivity contribution >= 4 is 23.5 Å². The molecule has 0 saturated heterocycles. The number of methoxy groups -OCH3 is 1. The zero-order valence-electron chi connectivity index (χ0n) is 13.4. The van der Waals surface area contributed by atoms with E-state index in [1.807, 2.05) is 0 Å². The SMILES string of the molecule is COc1ccc(C(NC(=O)Cc2c(C)noc2C)C(=O)O)cc1Cl. The molecule has 128 valence electrons. The normalized spacial score (nSPS) is 11.8. The summed E-state index contributed by atoms with van der Waals surface area (Å²) in [6, 6.07) is 3.32. The van der Waals surface area contributed by atoms with Crippen molar-refractivity contribution in [3.63, 3.8) is 0 Å². The second-order valence-electron chi connectivity index (χ2n) is 5.21. The van der Waals surface area contributed by atoms with Gasteiger partial charge in [0.05, 0.1) is 24.2 Å². The summed E-state index contributed by atoms with van der Waals surface area (Å²) in [5.74, 6) is -0.694. The predicted octanol–water partition coefficient (Wildman–Crippen LogP) is 2.44. The average Bonchev–Trinajstić information content (AvgIpc) is 2.84. The van der Waals surface area contributed by atoms with E-state index >= 15 is 0 Å². The first-order valence-electron chi connectivity index (χ1n) is 7.10. The zero-order valence-corrected chi connectivity index (χ0v) is 14.2. The molecule has 7 nitrogen and oxygen atoms in total. The number of amides is 1. The maximum atomic E-state index is 12.2. The van der Waals surface area contributed by atoms with Crippen LogP contribution in [0.15, 0.2) is 22.7 Å². The van der Waals surface area contributed by atoms with E-state index in [4.69, 9.17) is 20.9 Å². The molecule has 1 unspecified atom stereocenters. The molecular weight excluding hydrogens is 336 g/mol. The Bertz CT molecular complexity index is 752. The molecule has 1 aromatic carbocycles. The van der Waals surface area contributed by atoms with Crippen LogP contribution in [0.1, 0.15) is 28.6 Å². The molecular formula is C16H17ClN2O5. The third-order valence-electron chi connectivity index (χ3n) is 3.58. The maximum absolute atomic E-state index is 12.2. The summed E-state index contributed by atoms with van der Waals surface area (Å²) in [6.07, 6.45) is -0.0190. The van der Waals surface area contributed by atoms with Crippen LogP contribution in [0.25, 0.3) is 0 Å². The molecule has 0 bridgehead atoms. The minimum Gasteiger partial charge on any atom is -0.495 e. The summed E-state index contributed by atoms with van der Waals surface area (Å²) in [4.78, 5) is 23.7. The van der Waals surface area contributed by atoms with Gasteiger partial charge in [-0.3, -0.25) is 4.79 Å². The van der Waals surface area contributed by atoms with Crippen LogP contribution in [0.3, 0.4) is 0 Å². The van der Waals surface area contributed by atoms with E-state index in [0.717, 1.165) is 0 Å². The lowest BCUT2D eigenvalue weighted by Gasteiger charge is -2.16. The smallest absolute Gasteiger partial charge is 0.330 e. The van der Waals surface area contributed by atoms with Crippen molar-refractivity contribution in [2.24, 2.45) is 0 Å². The molecule has 0 saturated carbocycles. The number of carboxylic acids is 1. The fourth-order valence-electron chi connectivity index (χ4n) is 2.28. The number of nitrogens with zero attached hydrogens (tertiary/aromatic N) is 1. The van der Waals surface area contributed by atoms with E-state index in [1.165, 1.54) is 13.2 Å². The number of halogens is 1. The third kappa shape index (κ3) is 3.86. The number of carboxylic acid groups (broad SMARTS) is 1. The summed E-state index contributed by atoms with van der Waals surface area (Å²) < 4.78 is 10.0. The van der Waals surface area contributed by atoms with Gasteiger partial charge in [0.15, 0.2) is 6.04 Å². The van der Waals surface area contributed by atoms with E-state index in [-0.39, 0.29) is 11.4 Å². The number of rotatable bonds is 6. The molecule has 8 heteroatoms. The summed E-state index contributed by atoms with van der Waals surface area (Å²) in [5.41, 5.74) is 1.59. The molecule has 0 aliphatic rings. The molecule has 1 amide bonds. The minimum absolute atomic E-state index is 0.0190. The molecule has 2 rings (SSSR count). The standard InChI is InChI=1S/C16H17ClN2O5/c1-8-11(9(2)24-19-8)7-14(20)18-15(16(21)22)10-4-5-13(23-3)12(17)6-10/h4-6,15H,7H2,1-3H3,(H,18,20)(H,21,22). The number of aliphatic carboxylic acids is 1. The third-order valence-corrected chi connectivity index (χ3v) is 3.88. The molecule has 2 aromatic rings. The fraction of sp³-hybridized carbons (Fsp3) is 0.312. The van der Waals surface area contributed by atoms with Gasteiger partial charge in [0, 0.05) is 5.56 Å². The van der Waals surface area contributed by atoms with Crippen molar-refractivity contribution in [2.75, 3.05) is 7.11 Å². The quantitative estimate of drug-likeness (QED) is 0.828. The number of hydrogen-bond acceptors (Lipinski definition) is 5. The molecule has 1 heterocycles. The predicted molar refractivity (Wildman–Crippen MR) is 86.2 cm³/mol. The number of hydrogen-bond donors (Lipinski definition) is 2. The van der Waals surface area contributed by atoms with Crippen LogP contribution >= 0.6 is 11.6 Å². The van der Waals surface area contributed by atoms with Gasteiger partial charge in [-0.1, -0.05) is 22.8 Å². The Hall–Kier alpha value is -2.54. The lowest BCUT2D eigenvalue weighted by atomic mass is 10.1. The van der Waals surface area contributed by atoms with Crippen molar-refractivity contribution in [1.82, 2.24) is 10.5 Å². The van der Waals surface area contributed by atoms with E-state index in [9.17, 15) is 14.7 Å². The van der Waals surface area contributed by atoms with Gasteiger partial charge in [-0.15, -0.1) is 0 Å². The molecule has 24 heavy (non-hydrogen) atoms. The highest BCUT2D eigenvalue weighted by molar-refractivity contribution is 6.32. The molecule has 0 fully saturated rings. The largest absolute Gasteiger partial charge is 0.495 e. The Kier molecular flexibility index (Phi) is 5.46. The van der Waals surface area contributed by atoms with Crippen LogP contribution in [0.2, 0.25) is 5.02 Å². The molecule has 2 N–H and O–H groups in total. The molecule has 0 aliphatic heterocycles. The number of benzene rings is 1. The molecule has 1 aromatic heterocycles. The second kappa shape index (κ2) is 7.35. The lowest BCUT2D eigenvalue weighted by Crippen LogP contribution is -2.34. The second-order valence-corrected chi connectivity index (χ2v) is 5.62. The van der Waals surface area contributed by atoms with Gasteiger partial charge in [-0.25, -0.2) is 4.79 Å². The van der Waals surface area contributed by atoms with Crippen molar-refractivity contribution < 1.29 is 24.0 Å². The molecule has 0 spiro atoms. The van der Waals surface area contributed by atoms with Gasteiger partial charge in [0.1, 0.15) is 11.5 Å². The number of nitrogens with one attached hydrogen (secondary N) is 1. The first-order chi connectivity index (χ1) is 11.3. The highest BCUT2D eigenvalue weighted by Crippen LogP contribution is 2.28. The van der Waals surface area contributed by atoms with E-state index in [2.05, 4.69) is 10.5 Å². The summed E-state index contributed by atoms with van der Waals surface area (Å²) in [6.45, 7) is 3.41. The van der Waals surface area contributed by atoms with Crippen molar-refractivity contribution in [1.29, 1.82) is 0 Å². The van der Waals surface area contributed by atoms with Crippen LogP contribution in [0.5, 0.6) is 5.75 Å². The van der Waals surface area contributed by atoms with Crippen LogP contribution in [0.4, 0.5) is 0 Å². The Labute approximate surface area is 143 Å². The number of ether oxygens (including phenoxy) is 1. The van der Waals surface area contributed by atoms with Gasteiger partial charge in [-0.2, -0.15) is 0 Å². The number of carbonyl (C=O) groups excluding carboxylic acids is 1.